The molecule has 4 N–H and O–H groups in total. The van der Waals surface area contributed by atoms with Crippen molar-refractivity contribution >= 4 is 27.4 Å². The van der Waals surface area contributed by atoms with Crippen molar-refractivity contribution in [2.24, 2.45) is 5.73 Å². The molecule has 1 aromatic carbocycles. The molecule has 3 aromatic heterocycles. The largest absolute Gasteiger partial charge is 0.378 e. The summed E-state index contributed by atoms with van der Waals surface area (Å²) in [6.07, 6.45) is 4.21. The molecule has 33 heavy (non-hydrogen) atoms. The standard InChI is InChI=1S/C26H27N5OS/c1-17-21(9-12-26(2,3)32)22-23(33-17)25(31-24(30-22)19-10-13-28-14-11-19)29-16-20(27)15-18-7-5-4-6-8-18/h4-8,10-11,13-14,20,32H,15-16,27H2,1-3H3,(H,29,30,31). The Labute approximate surface area is 197 Å². The molecule has 0 aliphatic rings. The Morgan fingerprint density at radius 3 is 2.55 bits per heavy atom. The molecule has 0 saturated heterocycles. The summed E-state index contributed by atoms with van der Waals surface area (Å²) < 4.78 is 0.928. The van der Waals surface area contributed by atoms with Gasteiger partial charge in [-0.1, -0.05) is 42.2 Å². The third kappa shape index (κ3) is 5.74. The average molecular weight is 458 g/mol. The van der Waals surface area contributed by atoms with E-state index in [4.69, 9.17) is 15.7 Å². The van der Waals surface area contributed by atoms with Gasteiger partial charge in [0.1, 0.15) is 16.9 Å². The first-order chi connectivity index (χ1) is 15.8. The van der Waals surface area contributed by atoms with E-state index in [1.54, 1.807) is 37.6 Å². The van der Waals surface area contributed by atoms with Crippen LogP contribution in [-0.4, -0.2) is 38.2 Å². The number of hydrogen-bond donors (Lipinski definition) is 3. The fraction of sp³-hybridized carbons (Fsp3) is 0.269. The number of benzene rings is 1. The first kappa shape index (κ1) is 22.9. The fourth-order valence-electron chi connectivity index (χ4n) is 3.42. The van der Waals surface area contributed by atoms with Crippen molar-refractivity contribution in [3.8, 4) is 23.2 Å². The van der Waals surface area contributed by atoms with Crippen molar-refractivity contribution < 1.29 is 5.11 Å². The highest BCUT2D eigenvalue weighted by Crippen LogP contribution is 2.35. The molecule has 1 unspecified atom stereocenters. The number of fused-ring (bicyclic) bond motifs is 1. The van der Waals surface area contributed by atoms with Gasteiger partial charge in [-0.2, -0.15) is 0 Å². The third-order valence-corrected chi connectivity index (χ3v) is 6.12. The van der Waals surface area contributed by atoms with Gasteiger partial charge < -0.3 is 16.2 Å². The number of nitrogens with zero attached hydrogens (tertiary/aromatic N) is 3. The minimum Gasteiger partial charge on any atom is -0.378 e. The number of aryl methyl sites for hydroxylation is 1. The normalized spacial score (nSPS) is 12.3. The summed E-state index contributed by atoms with van der Waals surface area (Å²) in [5.74, 6) is 7.38. The number of aromatic nitrogens is 3. The average Bonchev–Trinajstić information content (AvgIpc) is 3.12. The van der Waals surface area contributed by atoms with Crippen LogP contribution in [0.2, 0.25) is 0 Å². The van der Waals surface area contributed by atoms with Crippen molar-refractivity contribution in [3.63, 3.8) is 0 Å². The molecule has 0 spiro atoms. The molecular weight excluding hydrogens is 430 g/mol. The van der Waals surface area contributed by atoms with Crippen LogP contribution in [0.4, 0.5) is 5.82 Å². The van der Waals surface area contributed by atoms with Crippen LogP contribution in [0.15, 0.2) is 54.9 Å². The number of nitrogens with two attached hydrogens (primary N) is 1. The van der Waals surface area contributed by atoms with Gasteiger partial charge in [-0.15, -0.1) is 11.3 Å². The van der Waals surface area contributed by atoms with Crippen molar-refractivity contribution in [1.82, 2.24) is 15.0 Å². The summed E-state index contributed by atoms with van der Waals surface area (Å²) in [4.78, 5) is 14.8. The molecule has 0 fully saturated rings. The molecular formula is C26H27N5OS. The van der Waals surface area contributed by atoms with E-state index >= 15 is 0 Å². The highest BCUT2D eigenvalue weighted by Gasteiger charge is 2.18. The molecule has 168 valence electrons. The molecule has 4 rings (SSSR count). The van der Waals surface area contributed by atoms with Gasteiger partial charge in [0.05, 0.1) is 10.3 Å². The Kier molecular flexibility index (Phi) is 6.70. The summed E-state index contributed by atoms with van der Waals surface area (Å²) in [5, 5.41) is 13.5. The highest BCUT2D eigenvalue weighted by atomic mass is 32.1. The van der Waals surface area contributed by atoms with E-state index in [1.807, 2.05) is 37.3 Å². The molecule has 0 bridgehead atoms. The molecule has 7 heteroatoms. The second-order valence-electron chi connectivity index (χ2n) is 8.48. The number of nitrogens with one attached hydrogen (secondary N) is 1. The molecule has 0 aliphatic carbocycles. The minimum absolute atomic E-state index is 0.0719. The molecule has 4 aromatic rings. The predicted molar refractivity (Wildman–Crippen MR) is 135 cm³/mol. The van der Waals surface area contributed by atoms with Crippen LogP contribution in [0.3, 0.4) is 0 Å². The highest BCUT2D eigenvalue weighted by molar-refractivity contribution is 7.19. The SMILES string of the molecule is Cc1sc2c(NCC(N)Cc3ccccc3)nc(-c3ccncc3)nc2c1C#CC(C)(C)O. The second-order valence-corrected chi connectivity index (χ2v) is 9.71. The fourth-order valence-corrected chi connectivity index (χ4v) is 4.43. The van der Waals surface area contributed by atoms with Crippen molar-refractivity contribution in [2.45, 2.75) is 38.8 Å². The monoisotopic (exact) mass is 457 g/mol. The smallest absolute Gasteiger partial charge is 0.162 e. The van der Waals surface area contributed by atoms with Crippen LogP contribution in [-0.2, 0) is 6.42 Å². The Hall–Kier alpha value is -3.31. The molecule has 0 amide bonds. The summed E-state index contributed by atoms with van der Waals surface area (Å²) in [7, 11) is 0. The zero-order valence-electron chi connectivity index (χ0n) is 19.0. The number of rotatable bonds is 6. The Morgan fingerprint density at radius 2 is 1.85 bits per heavy atom. The van der Waals surface area contributed by atoms with Crippen LogP contribution >= 0.6 is 11.3 Å². The van der Waals surface area contributed by atoms with Gasteiger partial charge in [-0.3, -0.25) is 4.98 Å². The lowest BCUT2D eigenvalue weighted by Crippen LogP contribution is -2.31. The first-order valence-electron chi connectivity index (χ1n) is 10.8. The number of anilines is 1. The van der Waals surface area contributed by atoms with Crippen LogP contribution in [0.5, 0.6) is 0 Å². The number of aliphatic hydroxyl groups is 1. The van der Waals surface area contributed by atoms with E-state index in [2.05, 4.69) is 34.3 Å². The molecule has 6 nitrogen and oxygen atoms in total. The van der Waals surface area contributed by atoms with Crippen molar-refractivity contribution in [3.05, 3.63) is 70.9 Å². The van der Waals surface area contributed by atoms with Crippen LogP contribution in [0.1, 0.15) is 29.9 Å². The van der Waals surface area contributed by atoms with Crippen LogP contribution in [0.25, 0.3) is 21.6 Å². The van der Waals surface area contributed by atoms with E-state index in [-0.39, 0.29) is 6.04 Å². The van der Waals surface area contributed by atoms with E-state index in [0.29, 0.717) is 12.4 Å². The Balaban J connectivity index is 1.71. The lowest BCUT2D eigenvalue weighted by Gasteiger charge is -2.14. The van der Waals surface area contributed by atoms with Gasteiger partial charge >= 0.3 is 0 Å². The van der Waals surface area contributed by atoms with Gasteiger partial charge in [0, 0.05) is 35.4 Å². The van der Waals surface area contributed by atoms with Gasteiger partial charge in [0.25, 0.3) is 0 Å². The zero-order chi connectivity index (χ0) is 23.4. The molecule has 0 saturated carbocycles. The summed E-state index contributed by atoms with van der Waals surface area (Å²) >= 11 is 1.59. The first-order valence-corrected chi connectivity index (χ1v) is 11.6. The van der Waals surface area contributed by atoms with E-state index in [9.17, 15) is 5.11 Å². The molecule has 3 heterocycles. The number of hydrogen-bond acceptors (Lipinski definition) is 7. The van der Waals surface area contributed by atoms with Crippen molar-refractivity contribution in [2.75, 3.05) is 11.9 Å². The van der Waals surface area contributed by atoms with E-state index < -0.39 is 5.60 Å². The molecule has 0 radical (unpaired) electrons. The van der Waals surface area contributed by atoms with Gasteiger partial charge in [-0.25, -0.2) is 9.97 Å². The number of pyridine rings is 1. The molecule has 1 atom stereocenters. The predicted octanol–water partition coefficient (Wildman–Crippen LogP) is 4.17. The molecule has 0 aliphatic heterocycles. The summed E-state index contributed by atoms with van der Waals surface area (Å²) in [6.45, 7) is 5.92. The second kappa shape index (κ2) is 9.67. The summed E-state index contributed by atoms with van der Waals surface area (Å²) in [5.41, 5.74) is 8.98. The maximum atomic E-state index is 10.1. The topological polar surface area (TPSA) is 97.0 Å². The zero-order valence-corrected chi connectivity index (χ0v) is 19.8. The maximum Gasteiger partial charge on any atom is 0.162 e. The van der Waals surface area contributed by atoms with Gasteiger partial charge in [-0.05, 0) is 44.9 Å². The lowest BCUT2D eigenvalue weighted by molar-refractivity contribution is 0.143. The Morgan fingerprint density at radius 1 is 1.12 bits per heavy atom. The third-order valence-electron chi connectivity index (χ3n) is 5.01. The minimum atomic E-state index is -1.09. The maximum absolute atomic E-state index is 10.1. The van der Waals surface area contributed by atoms with Crippen molar-refractivity contribution in [1.29, 1.82) is 0 Å². The van der Waals surface area contributed by atoms with E-state index in [1.165, 1.54) is 5.56 Å². The van der Waals surface area contributed by atoms with Gasteiger partial charge in [0.2, 0.25) is 0 Å². The van der Waals surface area contributed by atoms with E-state index in [0.717, 1.165) is 38.5 Å². The van der Waals surface area contributed by atoms with Crippen LogP contribution in [0, 0.1) is 18.8 Å². The quantitative estimate of drug-likeness (QED) is 0.376. The summed E-state index contributed by atoms with van der Waals surface area (Å²) in [6, 6.07) is 13.9. The van der Waals surface area contributed by atoms with Crippen LogP contribution < -0.4 is 11.1 Å². The number of thiophene rings is 1. The lowest BCUT2D eigenvalue weighted by atomic mass is 10.1. The Bertz CT molecular complexity index is 1300. The van der Waals surface area contributed by atoms with Gasteiger partial charge in [0.15, 0.2) is 5.82 Å².